The normalized spacial score (nSPS) is 25.6. The van der Waals surface area contributed by atoms with Gasteiger partial charge in [0.2, 0.25) is 0 Å². The van der Waals surface area contributed by atoms with E-state index in [-0.39, 0.29) is 41.8 Å². The molecule has 0 saturated carbocycles. The Hall–Kier alpha value is -0.290. The number of rotatable bonds is 4. The topological polar surface area (TPSA) is 157 Å². The number of nitrogen functional groups attached to an aromatic ring is 1. The largest absolute Gasteiger partial charge is 0.469 e. The number of nitrogens with zero attached hydrogens (tertiary/aromatic N) is 2. The van der Waals surface area contributed by atoms with Crippen molar-refractivity contribution in [1.29, 1.82) is 0 Å². The van der Waals surface area contributed by atoms with E-state index in [1.165, 1.54) is 12.3 Å². The van der Waals surface area contributed by atoms with E-state index >= 15 is 0 Å². The van der Waals surface area contributed by atoms with E-state index < -0.39 is 38.6 Å². The Morgan fingerprint density at radius 2 is 2.24 bits per heavy atom. The predicted molar refractivity (Wildman–Crippen MR) is 71.2 cm³/mol. The molecule has 5 N–H and O–H groups in total. The number of anilines is 1. The second-order valence-corrected chi connectivity index (χ2v) is 5.42. The fourth-order valence-electron chi connectivity index (χ4n) is 1.97. The van der Waals surface area contributed by atoms with Crippen LogP contribution in [-0.4, -0.2) is 72.8 Å². The zero-order chi connectivity index (χ0) is 14.9. The summed E-state index contributed by atoms with van der Waals surface area (Å²) in [5.74, 6) is 0.0472. The third kappa shape index (κ3) is 4.85. The first-order valence-corrected chi connectivity index (χ1v) is 7.18. The van der Waals surface area contributed by atoms with Gasteiger partial charge in [0, 0.05) is 42.2 Å². The molecule has 12 heteroatoms. The number of aliphatic hydroxyl groups is 1. The molecule has 0 amide bonds. The van der Waals surface area contributed by atoms with E-state index in [0.29, 0.717) is 0 Å². The Labute approximate surface area is 141 Å². The molecule has 21 heavy (non-hydrogen) atoms. The van der Waals surface area contributed by atoms with Gasteiger partial charge in [0.15, 0.2) is 0 Å². The van der Waals surface area contributed by atoms with Crippen LogP contribution in [0, 0.1) is 0 Å². The zero-order valence-corrected chi connectivity index (χ0v) is 14.1. The molecule has 1 radical (unpaired) electrons. The van der Waals surface area contributed by atoms with Gasteiger partial charge < -0.3 is 25.4 Å². The predicted octanol–water partition coefficient (Wildman–Crippen LogP) is -1.80. The van der Waals surface area contributed by atoms with Crippen LogP contribution in [0.3, 0.4) is 0 Å². The van der Waals surface area contributed by atoms with Crippen LogP contribution in [0.5, 0.6) is 0 Å². The number of aromatic nitrogens is 2. The average Bonchev–Trinajstić information content (AvgIpc) is 2.69. The molecule has 3 atom stereocenters. The molecule has 0 spiro atoms. The molecule has 1 aromatic heterocycles. The SMILES string of the molecule is Nc1ccn(C2CC(OP(=O)(O)O)C(CO)O2)c(=O)n1.[Na]. The number of phosphoric ester groups is 1. The summed E-state index contributed by atoms with van der Waals surface area (Å²) >= 11 is 0. The quantitative estimate of drug-likeness (QED) is 0.369. The van der Waals surface area contributed by atoms with E-state index in [4.69, 9.17) is 25.4 Å². The average molecular weight is 330 g/mol. The van der Waals surface area contributed by atoms with Gasteiger partial charge in [0.25, 0.3) is 0 Å². The van der Waals surface area contributed by atoms with Crippen LogP contribution >= 0.6 is 7.82 Å². The molecule has 113 valence electrons. The first kappa shape index (κ1) is 18.8. The van der Waals surface area contributed by atoms with Crippen LogP contribution in [0.2, 0.25) is 0 Å². The molecule has 0 aliphatic carbocycles. The summed E-state index contributed by atoms with van der Waals surface area (Å²) in [6.07, 6.45) is -1.48. The molecular formula is C9H14N3NaO7P. The fourth-order valence-corrected chi connectivity index (χ4v) is 2.54. The maximum Gasteiger partial charge on any atom is 0.469 e. The van der Waals surface area contributed by atoms with E-state index in [1.807, 2.05) is 0 Å². The van der Waals surface area contributed by atoms with Crippen LogP contribution in [0.4, 0.5) is 5.82 Å². The Morgan fingerprint density at radius 1 is 1.57 bits per heavy atom. The monoisotopic (exact) mass is 330 g/mol. The molecule has 2 heterocycles. The first-order chi connectivity index (χ1) is 9.30. The Balaban J connectivity index is 0.00000220. The summed E-state index contributed by atoms with van der Waals surface area (Å²) in [6.45, 7) is -0.502. The molecule has 3 unspecified atom stereocenters. The molecule has 0 aromatic carbocycles. The van der Waals surface area contributed by atoms with Crippen molar-refractivity contribution in [2.75, 3.05) is 12.3 Å². The van der Waals surface area contributed by atoms with Gasteiger partial charge in [-0.25, -0.2) is 9.36 Å². The summed E-state index contributed by atoms with van der Waals surface area (Å²) in [6, 6.07) is 1.38. The van der Waals surface area contributed by atoms with Gasteiger partial charge in [0.05, 0.1) is 6.61 Å². The zero-order valence-electron chi connectivity index (χ0n) is 11.2. The van der Waals surface area contributed by atoms with E-state index in [0.717, 1.165) is 4.57 Å². The van der Waals surface area contributed by atoms with Crippen LogP contribution in [0.25, 0.3) is 0 Å². The maximum atomic E-state index is 11.6. The minimum absolute atomic E-state index is 0. The molecule has 1 fully saturated rings. The third-order valence-electron chi connectivity index (χ3n) is 2.79. The number of aliphatic hydroxyl groups excluding tert-OH is 1. The van der Waals surface area contributed by atoms with Crippen molar-refractivity contribution < 1.29 is 28.7 Å². The maximum absolute atomic E-state index is 11.6. The number of hydrogen-bond acceptors (Lipinski definition) is 7. The Kier molecular flexibility index (Phi) is 6.54. The second-order valence-electron chi connectivity index (χ2n) is 4.22. The van der Waals surface area contributed by atoms with Gasteiger partial charge in [-0.3, -0.25) is 9.09 Å². The fraction of sp³-hybridized carbons (Fsp3) is 0.556. The summed E-state index contributed by atoms with van der Waals surface area (Å²) in [5, 5.41) is 9.13. The summed E-state index contributed by atoms with van der Waals surface area (Å²) in [4.78, 5) is 32.8. The first-order valence-electron chi connectivity index (χ1n) is 5.65. The number of phosphoric acid groups is 1. The van der Waals surface area contributed by atoms with Crippen molar-refractivity contribution in [1.82, 2.24) is 9.55 Å². The van der Waals surface area contributed by atoms with Gasteiger partial charge in [-0.05, 0) is 6.07 Å². The van der Waals surface area contributed by atoms with Crippen molar-refractivity contribution in [3.05, 3.63) is 22.7 Å². The van der Waals surface area contributed by atoms with Gasteiger partial charge in [-0.1, -0.05) is 0 Å². The van der Waals surface area contributed by atoms with E-state index in [2.05, 4.69) is 9.51 Å². The second kappa shape index (κ2) is 7.32. The number of ether oxygens (including phenoxy) is 1. The summed E-state index contributed by atoms with van der Waals surface area (Å²) in [5.41, 5.74) is 4.69. The van der Waals surface area contributed by atoms with Crippen molar-refractivity contribution in [3.8, 4) is 0 Å². The minimum atomic E-state index is -4.72. The molecule has 2 rings (SSSR count). The molecular weight excluding hydrogens is 316 g/mol. The van der Waals surface area contributed by atoms with E-state index in [1.54, 1.807) is 0 Å². The van der Waals surface area contributed by atoms with Crippen molar-refractivity contribution >= 4 is 43.2 Å². The molecule has 1 aromatic rings. The van der Waals surface area contributed by atoms with Gasteiger partial charge in [-0.2, -0.15) is 4.98 Å². The molecule has 1 aliphatic heterocycles. The minimum Gasteiger partial charge on any atom is -0.394 e. The van der Waals surface area contributed by atoms with Gasteiger partial charge >= 0.3 is 13.5 Å². The Bertz CT molecular complexity index is 591. The van der Waals surface area contributed by atoms with Crippen LogP contribution < -0.4 is 11.4 Å². The molecule has 10 nitrogen and oxygen atoms in total. The van der Waals surface area contributed by atoms with Crippen LogP contribution in [0.1, 0.15) is 12.6 Å². The summed E-state index contributed by atoms with van der Waals surface area (Å²) < 4.78 is 21.8. The number of nitrogens with two attached hydrogens (primary N) is 1. The third-order valence-corrected chi connectivity index (χ3v) is 3.34. The van der Waals surface area contributed by atoms with Gasteiger partial charge in [-0.15, -0.1) is 0 Å². The molecule has 0 bridgehead atoms. The van der Waals surface area contributed by atoms with Gasteiger partial charge in [0.1, 0.15) is 24.3 Å². The van der Waals surface area contributed by atoms with E-state index in [9.17, 15) is 9.36 Å². The Morgan fingerprint density at radius 3 is 2.76 bits per heavy atom. The van der Waals surface area contributed by atoms with Crippen LogP contribution in [0.15, 0.2) is 17.1 Å². The summed E-state index contributed by atoms with van der Waals surface area (Å²) in [7, 11) is -4.72. The van der Waals surface area contributed by atoms with Crippen LogP contribution in [-0.2, 0) is 13.8 Å². The standard InChI is InChI=1S/C9H14N3O7P.Na/c10-7-1-2-12(9(14)11-7)8-3-5(6(4-13)18-8)19-20(15,16)17;/h1-2,5-6,8,13H,3-4H2,(H2,10,11,14)(H2,15,16,17);. The number of hydrogen-bond donors (Lipinski definition) is 4. The molecule has 1 saturated heterocycles. The van der Waals surface area contributed by atoms with Crippen molar-refractivity contribution in [2.45, 2.75) is 24.9 Å². The molecule has 1 aliphatic rings. The smallest absolute Gasteiger partial charge is 0.394 e. The van der Waals surface area contributed by atoms with Crippen molar-refractivity contribution in [2.24, 2.45) is 0 Å². The van der Waals surface area contributed by atoms with Crippen molar-refractivity contribution in [3.63, 3.8) is 0 Å².